The average molecular weight is 219 g/mol. The molecule has 0 aromatic carbocycles. The third kappa shape index (κ3) is 129. The smallest absolute Gasteiger partial charge is 0.822 e. The molecule has 1 radical (unpaired) electrons. The Balaban J connectivity index is -0.0000000800. The van der Waals surface area contributed by atoms with Crippen LogP contribution in [0.5, 0.6) is 0 Å². The molecule has 0 N–H and O–H groups in total. The van der Waals surface area contributed by atoms with Crippen LogP contribution in [-0.4, -0.2) is 0 Å². The van der Waals surface area contributed by atoms with Crippen molar-refractivity contribution < 1.29 is 55.5 Å². The second-order valence-corrected chi connectivity index (χ2v) is 1.34. The summed E-state index contributed by atoms with van der Waals surface area (Å²) in [5.41, 5.74) is 0. The Kier molecular flexibility index (Phi) is 12.1. The van der Waals surface area contributed by atoms with Gasteiger partial charge in [-0.3, -0.25) is 0 Å². The van der Waals surface area contributed by atoms with E-state index in [0.29, 0.717) is 0 Å². The van der Waals surface area contributed by atoms with Crippen LogP contribution in [0, 0.1) is 0 Å². The quantitative estimate of drug-likeness (QED) is 0.324. The summed E-state index contributed by atoms with van der Waals surface area (Å²) in [5, 5.41) is 0. The van der Waals surface area contributed by atoms with Crippen molar-refractivity contribution in [3.05, 3.63) is 0 Å². The minimum atomic E-state index is -5.39. The molecule has 0 amide bonds. The summed E-state index contributed by atoms with van der Waals surface area (Å²) in [6, 6.07) is 0. The zero-order valence-electron chi connectivity index (χ0n) is 3.12. The summed E-state index contributed by atoms with van der Waals surface area (Å²) in [5.74, 6) is 0. The Morgan fingerprint density at radius 2 is 1.14 bits per heavy atom. The van der Waals surface area contributed by atoms with Gasteiger partial charge in [0.25, 0.3) is 0 Å². The maximum absolute atomic E-state index is 8.55. The molecule has 0 rings (SSSR count). The summed E-state index contributed by atoms with van der Waals surface area (Å²) in [4.78, 5) is 25.6. The van der Waals surface area contributed by atoms with E-state index in [0.717, 1.165) is 0 Å². The van der Waals surface area contributed by atoms with Crippen molar-refractivity contribution in [3.8, 4) is 0 Å². The average Bonchev–Trinajstić information content (AvgIpc) is 0.722. The third-order valence-electron chi connectivity index (χ3n) is 0. The molecule has 0 spiro atoms. The molecule has 0 saturated heterocycles. The van der Waals surface area contributed by atoms with Gasteiger partial charge in [-0.25, -0.2) is 0 Å². The van der Waals surface area contributed by atoms with E-state index >= 15 is 0 Å². The van der Waals surface area contributed by atoms with E-state index in [1.54, 1.807) is 0 Å². The Morgan fingerprint density at radius 1 is 1.14 bits per heavy atom. The molecule has 0 aromatic rings. The van der Waals surface area contributed by atoms with Crippen molar-refractivity contribution in [1.82, 2.24) is 0 Å². The molecule has 39 valence electrons. The van der Waals surface area contributed by atoms with Gasteiger partial charge in [-0.05, 0) is 0 Å². The first-order valence-electron chi connectivity index (χ1n) is 0.730. The van der Waals surface area contributed by atoms with E-state index in [-0.39, 0.29) is 36.3 Å². The van der Waals surface area contributed by atoms with Gasteiger partial charge in [-0.2, -0.15) is 7.82 Å². The van der Waals surface area contributed by atoms with Crippen LogP contribution in [-0.2, 0) is 40.8 Å². The van der Waals surface area contributed by atoms with E-state index in [2.05, 4.69) is 0 Å². The number of hydrogen-bond acceptors (Lipinski definition) is 4. The second-order valence-electron chi connectivity index (χ2n) is 0.447. The van der Waals surface area contributed by atoms with E-state index in [9.17, 15) is 0 Å². The van der Waals surface area contributed by atoms with E-state index in [1.165, 1.54) is 0 Å². The van der Waals surface area contributed by atoms with Crippen molar-refractivity contribution in [1.29, 1.82) is 0 Å². The first-order chi connectivity index (χ1) is 2.00. The second kappa shape index (κ2) is 5.38. The molecule has 0 aliphatic carbocycles. The number of rotatable bonds is 0. The van der Waals surface area contributed by atoms with Crippen molar-refractivity contribution in [2.45, 2.75) is 0 Å². The van der Waals surface area contributed by atoms with Crippen molar-refractivity contribution in [3.63, 3.8) is 0 Å². The van der Waals surface area contributed by atoms with Crippen LogP contribution >= 0.6 is 7.82 Å². The molecule has 4 nitrogen and oxygen atoms in total. The van der Waals surface area contributed by atoms with Gasteiger partial charge >= 0.3 is 36.3 Å². The Morgan fingerprint density at radius 3 is 1.14 bits per heavy atom. The fourth-order valence-electron chi connectivity index (χ4n) is 0. The van der Waals surface area contributed by atoms with Crippen molar-refractivity contribution >= 4 is 7.82 Å². The normalized spacial score (nSPS) is 8.43. The minimum absolute atomic E-state index is 0. The van der Waals surface area contributed by atoms with Gasteiger partial charge in [0.15, 0.2) is 0 Å². The fraction of sp³-hybridized carbons (Fsp3) is 0. The maximum atomic E-state index is 8.55. The van der Waals surface area contributed by atoms with Crippen molar-refractivity contribution in [2.75, 3.05) is 0 Å². The van der Waals surface area contributed by atoms with Crippen LogP contribution in [0.15, 0.2) is 0 Å². The summed E-state index contributed by atoms with van der Waals surface area (Å²) in [6.45, 7) is 0. The largest absolute Gasteiger partial charge is 2.00 e. The molecule has 0 aliphatic rings. The van der Waals surface area contributed by atoms with Gasteiger partial charge in [0, 0.05) is 0 Å². The molecule has 0 aliphatic heterocycles. The van der Waals surface area contributed by atoms with Crippen LogP contribution in [0.2, 0.25) is 0 Å². The molecule has 0 fully saturated rings. The monoisotopic (exact) mass is 218 g/mol. The van der Waals surface area contributed by atoms with Gasteiger partial charge in [0.1, 0.15) is 0 Å². The van der Waals surface area contributed by atoms with Crippen LogP contribution < -0.4 is 14.7 Å². The number of hydrogen-bond donors (Lipinski definition) is 0. The molecule has 7 heavy (non-hydrogen) atoms. The van der Waals surface area contributed by atoms with Crippen LogP contribution in [0.3, 0.4) is 0 Å². The predicted octanol–water partition coefficient (Wildman–Crippen LogP) is -2.83. The standard InChI is InChI=1S/Co.H3O4P.Zn/c;1-5(2,3)4;/h;(H3,1,2,3,4);/q+2;;+2/p-3. The van der Waals surface area contributed by atoms with E-state index in [4.69, 9.17) is 19.2 Å². The van der Waals surface area contributed by atoms with E-state index < -0.39 is 7.82 Å². The zero-order chi connectivity index (χ0) is 4.50. The minimum Gasteiger partial charge on any atom is -0.822 e. The summed E-state index contributed by atoms with van der Waals surface area (Å²) in [7, 11) is -5.39. The van der Waals surface area contributed by atoms with Crippen LogP contribution in [0.1, 0.15) is 0 Å². The fourth-order valence-corrected chi connectivity index (χ4v) is 0. The molecular weight excluding hydrogens is 219 g/mol. The molecule has 0 aromatic heterocycles. The Bertz CT molecular complexity index is 57.8. The maximum Gasteiger partial charge on any atom is 2.00 e. The molecule has 0 unspecified atom stereocenters. The summed E-state index contributed by atoms with van der Waals surface area (Å²) in [6.07, 6.45) is 0. The first-order valence-corrected chi connectivity index (χ1v) is 2.19. The molecule has 0 heterocycles. The molecule has 0 bridgehead atoms. The first kappa shape index (κ1) is 15.7. The van der Waals surface area contributed by atoms with E-state index in [1.807, 2.05) is 0 Å². The predicted molar refractivity (Wildman–Crippen MR) is 7.61 cm³/mol. The Labute approximate surface area is 63.5 Å². The molecular formula is CoO4PZn+. The van der Waals surface area contributed by atoms with Gasteiger partial charge in [-0.15, -0.1) is 0 Å². The summed E-state index contributed by atoms with van der Waals surface area (Å²) < 4.78 is 8.55. The van der Waals surface area contributed by atoms with Gasteiger partial charge < -0.3 is 19.2 Å². The summed E-state index contributed by atoms with van der Waals surface area (Å²) >= 11 is 0. The third-order valence-corrected chi connectivity index (χ3v) is 0. The van der Waals surface area contributed by atoms with Crippen LogP contribution in [0.25, 0.3) is 0 Å². The van der Waals surface area contributed by atoms with Crippen LogP contribution in [0.4, 0.5) is 0 Å². The molecule has 7 heteroatoms. The van der Waals surface area contributed by atoms with Gasteiger partial charge in [-0.1, -0.05) is 0 Å². The Hall–Kier alpha value is 1.24. The van der Waals surface area contributed by atoms with Gasteiger partial charge in [0.05, 0.1) is 0 Å². The molecule has 0 saturated carbocycles. The zero-order valence-corrected chi connectivity index (χ0v) is 8.02. The number of phosphoric acid groups is 1. The topological polar surface area (TPSA) is 86.2 Å². The molecule has 0 atom stereocenters. The van der Waals surface area contributed by atoms with Crippen molar-refractivity contribution in [2.24, 2.45) is 0 Å². The SMILES string of the molecule is O=P([O-])([O-])[O-].[Co+2].[Zn+2]. The van der Waals surface area contributed by atoms with Gasteiger partial charge in [0.2, 0.25) is 0 Å².